The van der Waals surface area contributed by atoms with Crippen LogP contribution in [0.3, 0.4) is 0 Å². The number of non-ortho nitro benzene ring substituents is 1. The highest BCUT2D eigenvalue weighted by Crippen LogP contribution is 2.30. The molecular weight excluding hydrogens is 415 g/mol. The van der Waals surface area contributed by atoms with Crippen LogP contribution in [0.15, 0.2) is 36.4 Å². The fraction of sp³-hybridized carbons (Fsp3) is 0.133. The molecule has 2 aromatic rings. The van der Waals surface area contributed by atoms with E-state index >= 15 is 0 Å². The van der Waals surface area contributed by atoms with Gasteiger partial charge < -0.3 is 14.8 Å². The molecule has 0 aliphatic carbocycles. The Morgan fingerprint density at radius 3 is 2.39 bits per heavy atom. The first-order valence-electron chi connectivity index (χ1n) is 6.43. The first-order chi connectivity index (χ1) is 11.0. The minimum absolute atomic E-state index is 0.0583. The molecule has 120 valence electrons. The summed E-state index contributed by atoms with van der Waals surface area (Å²) in [5.41, 5.74) is 0.824. The molecule has 2 aromatic carbocycles. The zero-order valence-corrected chi connectivity index (χ0v) is 14.5. The van der Waals surface area contributed by atoms with Crippen molar-refractivity contribution >= 4 is 39.9 Å². The van der Waals surface area contributed by atoms with Crippen molar-refractivity contribution in [3.8, 4) is 11.5 Å². The third kappa shape index (κ3) is 3.89. The van der Waals surface area contributed by atoms with Crippen molar-refractivity contribution in [2.24, 2.45) is 0 Å². The Hall–Kier alpha value is -2.36. The summed E-state index contributed by atoms with van der Waals surface area (Å²) in [4.78, 5) is 22.5. The maximum atomic E-state index is 12.3. The van der Waals surface area contributed by atoms with Crippen molar-refractivity contribution in [3.05, 3.63) is 55.6 Å². The maximum Gasteiger partial charge on any atom is 0.270 e. The van der Waals surface area contributed by atoms with Gasteiger partial charge in [-0.1, -0.05) is 0 Å². The summed E-state index contributed by atoms with van der Waals surface area (Å²) in [6.45, 7) is 0. The molecule has 0 bridgehead atoms. The summed E-state index contributed by atoms with van der Waals surface area (Å²) < 4.78 is 10.8. The number of hydrogen-bond acceptors (Lipinski definition) is 5. The first-order valence-corrected chi connectivity index (χ1v) is 7.51. The van der Waals surface area contributed by atoms with Gasteiger partial charge >= 0.3 is 0 Å². The molecule has 0 unspecified atom stereocenters. The highest BCUT2D eigenvalue weighted by Gasteiger charge is 2.15. The number of nitrogens with zero attached hydrogens (tertiary/aromatic N) is 1. The Bertz CT molecular complexity index is 764. The quantitative estimate of drug-likeness (QED) is 0.448. The third-order valence-electron chi connectivity index (χ3n) is 3.05. The SMILES string of the molecule is COc1ccc(NC(=O)c2ccc([N+](=O)[O-])cc2I)cc1OC. The molecule has 0 heterocycles. The van der Waals surface area contributed by atoms with E-state index in [1.165, 1.54) is 32.4 Å². The van der Waals surface area contributed by atoms with E-state index in [0.717, 1.165) is 0 Å². The number of rotatable bonds is 5. The van der Waals surface area contributed by atoms with Crippen molar-refractivity contribution in [1.82, 2.24) is 0 Å². The van der Waals surface area contributed by atoms with Gasteiger partial charge in [0.2, 0.25) is 0 Å². The summed E-state index contributed by atoms with van der Waals surface area (Å²) in [5.74, 6) is 0.677. The monoisotopic (exact) mass is 428 g/mol. The number of carbonyl (C=O) groups is 1. The second-order valence-electron chi connectivity index (χ2n) is 4.45. The zero-order chi connectivity index (χ0) is 17.0. The van der Waals surface area contributed by atoms with E-state index < -0.39 is 4.92 Å². The Kier molecular flexibility index (Phi) is 5.37. The topological polar surface area (TPSA) is 90.7 Å². The molecule has 1 N–H and O–H groups in total. The zero-order valence-electron chi connectivity index (χ0n) is 12.3. The molecule has 23 heavy (non-hydrogen) atoms. The van der Waals surface area contributed by atoms with Crippen LogP contribution in [0.4, 0.5) is 11.4 Å². The number of nitro groups is 1. The van der Waals surface area contributed by atoms with Gasteiger partial charge in [0, 0.05) is 27.5 Å². The smallest absolute Gasteiger partial charge is 0.270 e. The average Bonchev–Trinajstić information content (AvgIpc) is 2.54. The van der Waals surface area contributed by atoms with Crippen LogP contribution in [0.1, 0.15) is 10.4 Å². The van der Waals surface area contributed by atoms with Crippen molar-refractivity contribution in [2.75, 3.05) is 19.5 Å². The van der Waals surface area contributed by atoms with Crippen LogP contribution < -0.4 is 14.8 Å². The molecule has 0 aliphatic heterocycles. The largest absolute Gasteiger partial charge is 0.493 e. The van der Waals surface area contributed by atoms with Crippen LogP contribution in [0, 0.1) is 13.7 Å². The first kappa shape index (κ1) is 17.0. The van der Waals surface area contributed by atoms with E-state index in [4.69, 9.17) is 9.47 Å². The van der Waals surface area contributed by atoms with Gasteiger partial charge in [0.25, 0.3) is 11.6 Å². The standard InChI is InChI=1S/C15H13IN2O5/c1-22-13-6-3-9(7-14(13)23-2)17-15(19)11-5-4-10(18(20)21)8-12(11)16/h3-8H,1-2H3,(H,17,19). The number of halogens is 1. The normalized spacial score (nSPS) is 10.0. The number of methoxy groups -OCH3 is 2. The molecule has 0 spiro atoms. The summed E-state index contributed by atoms with van der Waals surface area (Å²) in [7, 11) is 3.03. The number of hydrogen-bond donors (Lipinski definition) is 1. The number of benzene rings is 2. The molecule has 0 atom stereocenters. The number of nitro benzene ring substituents is 1. The molecule has 0 saturated heterocycles. The number of amides is 1. The fourth-order valence-electron chi connectivity index (χ4n) is 1.91. The van der Waals surface area contributed by atoms with E-state index in [1.54, 1.807) is 18.2 Å². The Labute approximate surface area is 145 Å². The minimum Gasteiger partial charge on any atom is -0.493 e. The lowest BCUT2D eigenvalue weighted by atomic mass is 10.2. The van der Waals surface area contributed by atoms with Gasteiger partial charge in [-0.05, 0) is 40.8 Å². The van der Waals surface area contributed by atoms with E-state index in [-0.39, 0.29) is 11.6 Å². The predicted molar refractivity (Wildman–Crippen MR) is 93.3 cm³/mol. The van der Waals surface area contributed by atoms with Crippen LogP contribution in [-0.2, 0) is 0 Å². The van der Waals surface area contributed by atoms with Crippen LogP contribution in [0.2, 0.25) is 0 Å². The molecule has 0 fully saturated rings. The molecule has 0 aromatic heterocycles. The van der Waals surface area contributed by atoms with Gasteiger partial charge in [0.05, 0.1) is 24.7 Å². The molecule has 1 amide bonds. The van der Waals surface area contributed by atoms with Crippen molar-refractivity contribution in [1.29, 1.82) is 0 Å². The van der Waals surface area contributed by atoms with E-state index in [0.29, 0.717) is 26.3 Å². The van der Waals surface area contributed by atoms with Gasteiger partial charge in [0.1, 0.15) is 0 Å². The molecule has 7 nitrogen and oxygen atoms in total. The van der Waals surface area contributed by atoms with Crippen LogP contribution in [0.5, 0.6) is 11.5 Å². The lowest BCUT2D eigenvalue weighted by Crippen LogP contribution is -2.13. The van der Waals surface area contributed by atoms with Crippen molar-refractivity contribution in [3.63, 3.8) is 0 Å². The van der Waals surface area contributed by atoms with Crippen LogP contribution in [0.25, 0.3) is 0 Å². The molecule has 0 radical (unpaired) electrons. The molecule has 2 rings (SSSR count). The lowest BCUT2D eigenvalue weighted by Gasteiger charge is -2.11. The predicted octanol–water partition coefficient (Wildman–Crippen LogP) is 3.47. The molecular formula is C15H13IN2O5. The van der Waals surface area contributed by atoms with Crippen LogP contribution in [-0.4, -0.2) is 25.1 Å². The summed E-state index contributed by atoms with van der Waals surface area (Å²) in [5, 5.41) is 13.5. The van der Waals surface area contributed by atoms with Crippen LogP contribution >= 0.6 is 22.6 Å². The Morgan fingerprint density at radius 1 is 1.13 bits per heavy atom. The minimum atomic E-state index is -0.502. The van der Waals surface area contributed by atoms with Crippen molar-refractivity contribution in [2.45, 2.75) is 0 Å². The van der Waals surface area contributed by atoms with Gasteiger partial charge in [-0.25, -0.2) is 0 Å². The highest BCUT2D eigenvalue weighted by atomic mass is 127. The van der Waals surface area contributed by atoms with Gasteiger partial charge in [-0.2, -0.15) is 0 Å². The van der Waals surface area contributed by atoms with E-state index in [1.807, 2.05) is 22.6 Å². The fourth-order valence-corrected chi connectivity index (χ4v) is 2.66. The summed E-state index contributed by atoms with van der Waals surface area (Å²) >= 11 is 1.89. The Morgan fingerprint density at radius 2 is 1.83 bits per heavy atom. The van der Waals surface area contributed by atoms with E-state index in [9.17, 15) is 14.9 Å². The summed E-state index contributed by atoms with van der Waals surface area (Å²) in [6, 6.07) is 9.06. The number of nitrogens with one attached hydrogen (secondary N) is 1. The third-order valence-corrected chi connectivity index (χ3v) is 3.94. The van der Waals surface area contributed by atoms with Gasteiger partial charge in [-0.3, -0.25) is 14.9 Å². The highest BCUT2D eigenvalue weighted by molar-refractivity contribution is 14.1. The average molecular weight is 428 g/mol. The number of anilines is 1. The molecule has 8 heteroatoms. The Balaban J connectivity index is 2.24. The second kappa shape index (κ2) is 7.27. The molecule has 0 aliphatic rings. The van der Waals surface area contributed by atoms with Gasteiger partial charge in [0.15, 0.2) is 11.5 Å². The summed E-state index contributed by atoms with van der Waals surface area (Å²) in [6.07, 6.45) is 0. The van der Waals surface area contributed by atoms with E-state index in [2.05, 4.69) is 5.32 Å². The number of carbonyl (C=O) groups excluding carboxylic acids is 1. The van der Waals surface area contributed by atoms with Crippen molar-refractivity contribution < 1.29 is 19.2 Å². The maximum absolute atomic E-state index is 12.3. The lowest BCUT2D eigenvalue weighted by molar-refractivity contribution is -0.384. The van der Waals surface area contributed by atoms with Gasteiger partial charge in [-0.15, -0.1) is 0 Å². The second-order valence-corrected chi connectivity index (χ2v) is 5.61. The number of ether oxygens (including phenoxy) is 2. The molecule has 0 saturated carbocycles.